The van der Waals surface area contributed by atoms with Crippen LogP contribution in [0.1, 0.15) is 0 Å². The molecule has 0 aliphatic carbocycles. The fourth-order valence-corrected chi connectivity index (χ4v) is 2.10. The van der Waals surface area contributed by atoms with Crippen molar-refractivity contribution in [2.45, 2.75) is 9.92 Å². The average molecular weight is 253 g/mol. The van der Waals surface area contributed by atoms with Gasteiger partial charge in [-0.3, -0.25) is 5.43 Å². The zero-order valence-electron chi connectivity index (χ0n) is 8.22. The van der Waals surface area contributed by atoms with E-state index in [-0.39, 0.29) is 0 Å². The Morgan fingerprint density at radius 3 is 2.69 bits per heavy atom. The quantitative estimate of drug-likeness (QED) is 0.499. The van der Waals surface area contributed by atoms with Crippen molar-refractivity contribution in [3.05, 3.63) is 41.6 Å². The summed E-state index contributed by atoms with van der Waals surface area (Å²) in [5, 5.41) is 1.18. The summed E-state index contributed by atoms with van der Waals surface area (Å²) in [6.07, 6.45) is 1.52. The summed E-state index contributed by atoms with van der Waals surface area (Å²) in [6.45, 7) is 0. The number of nitrogens with zero attached hydrogens (tertiary/aromatic N) is 2. The molecule has 3 N–H and O–H groups in total. The average Bonchev–Trinajstić information content (AvgIpc) is 2.33. The summed E-state index contributed by atoms with van der Waals surface area (Å²) in [4.78, 5) is 9.14. The molecule has 1 heterocycles. The molecule has 0 radical (unpaired) electrons. The van der Waals surface area contributed by atoms with Crippen LogP contribution in [0, 0.1) is 0 Å². The number of anilines is 1. The van der Waals surface area contributed by atoms with Gasteiger partial charge in [-0.2, -0.15) is 0 Å². The number of nitrogens with one attached hydrogen (secondary N) is 1. The largest absolute Gasteiger partial charge is 0.292 e. The van der Waals surface area contributed by atoms with E-state index < -0.39 is 0 Å². The summed E-state index contributed by atoms with van der Waals surface area (Å²) in [5.41, 5.74) is 2.39. The molecule has 0 atom stereocenters. The molecule has 0 amide bonds. The molecule has 16 heavy (non-hydrogen) atoms. The minimum Gasteiger partial charge on any atom is -0.292 e. The third-order valence-corrected chi connectivity index (χ3v) is 3.20. The van der Waals surface area contributed by atoms with Crippen LogP contribution in [0.3, 0.4) is 0 Å². The van der Waals surface area contributed by atoms with Gasteiger partial charge in [0.25, 0.3) is 0 Å². The molecule has 2 aromatic rings. The summed E-state index contributed by atoms with van der Waals surface area (Å²) in [7, 11) is 0. The number of benzene rings is 1. The number of nitrogens with two attached hydrogens (primary N) is 1. The number of halogens is 1. The van der Waals surface area contributed by atoms with Crippen LogP contribution < -0.4 is 11.3 Å². The molecule has 6 heteroatoms. The molecule has 0 aliphatic heterocycles. The van der Waals surface area contributed by atoms with Crippen LogP contribution in [0.25, 0.3) is 0 Å². The standard InChI is InChI=1S/C10H9ClN4S/c11-8-6-13-10(15-12)14-9(8)16-7-4-2-1-3-5-7/h1-6H,12H2,(H,13,14,15). The van der Waals surface area contributed by atoms with Crippen LogP contribution in [-0.4, -0.2) is 9.97 Å². The van der Waals surface area contributed by atoms with Crippen molar-refractivity contribution in [3.63, 3.8) is 0 Å². The Balaban J connectivity index is 2.27. The maximum absolute atomic E-state index is 5.99. The molecule has 0 bridgehead atoms. The van der Waals surface area contributed by atoms with E-state index in [2.05, 4.69) is 15.4 Å². The number of hydrogen-bond acceptors (Lipinski definition) is 5. The molecule has 82 valence electrons. The van der Waals surface area contributed by atoms with Gasteiger partial charge in [-0.1, -0.05) is 41.6 Å². The van der Waals surface area contributed by atoms with E-state index in [0.717, 1.165) is 4.90 Å². The first-order chi connectivity index (χ1) is 7.79. The zero-order valence-corrected chi connectivity index (χ0v) is 9.79. The predicted molar refractivity (Wildman–Crippen MR) is 65.4 cm³/mol. The Bertz CT molecular complexity index is 478. The number of hydrogen-bond donors (Lipinski definition) is 2. The van der Waals surface area contributed by atoms with E-state index in [1.165, 1.54) is 18.0 Å². The monoisotopic (exact) mass is 252 g/mol. The number of rotatable bonds is 3. The first-order valence-corrected chi connectivity index (χ1v) is 5.71. The molecule has 2 rings (SSSR count). The van der Waals surface area contributed by atoms with Gasteiger partial charge in [-0.15, -0.1) is 0 Å². The Labute approximate surface area is 102 Å². The van der Waals surface area contributed by atoms with Crippen molar-refractivity contribution in [1.29, 1.82) is 0 Å². The van der Waals surface area contributed by atoms with E-state index >= 15 is 0 Å². The predicted octanol–water partition coefficient (Wildman–Crippen LogP) is 2.57. The highest BCUT2D eigenvalue weighted by molar-refractivity contribution is 7.99. The molecule has 1 aromatic carbocycles. The normalized spacial score (nSPS) is 10.1. The second-order valence-electron chi connectivity index (χ2n) is 2.91. The molecule has 0 saturated carbocycles. The number of aromatic nitrogens is 2. The van der Waals surface area contributed by atoms with Crippen molar-refractivity contribution in [2.75, 3.05) is 5.43 Å². The van der Waals surface area contributed by atoms with E-state index in [0.29, 0.717) is 16.0 Å². The summed E-state index contributed by atoms with van der Waals surface area (Å²) in [5.74, 6) is 5.58. The van der Waals surface area contributed by atoms with Crippen molar-refractivity contribution in [2.24, 2.45) is 5.84 Å². The molecule has 0 saturated heterocycles. The molecule has 0 spiro atoms. The fourth-order valence-electron chi connectivity index (χ4n) is 1.09. The van der Waals surface area contributed by atoms with Crippen LogP contribution in [0.5, 0.6) is 0 Å². The van der Waals surface area contributed by atoms with Gasteiger partial charge in [0.2, 0.25) is 5.95 Å². The minimum atomic E-state index is 0.350. The fraction of sp³-hybridized carbons (Fsp3) is 0. The van der Waals surface area contributed by atoms with Crippen LogP contribution in [0.4, 0.5) is 5.95 Å². The van der Waals surface area contributed by atoms with Gasteiger partial charge < -0.3 is 0 Å². The van der Waals surface area contributed by atoms with Gasteiger partial charge in [-0.25, -0.2) is 15.8 Å². The summed E-state index contributed by atoms with van der Waals surface area (Å²) < 4.78 is 0. The molecular weight excluding hydrogens is 244 g/mol. The Hall–Kier alpha value is -1.30. The molecule has 0 unspecified atom stereocenters. The van der Waals surface area contributed by atoms with Crippen molar-refractivity contribution < 1.29 is 0 Å². The highest BCUT2D eigenvalue weighted by Gasteiger charge is 2.06. The lowest BCUT2D eigenvalue weighted by molar-refractivity contribution is 1.03. The van der Waals surface area contributed by atoms with Gasteiger partial charge in [0.15, 0.2) is 0 Å². The van der Waals surface area contributed by atoms with E-state index in [4.69, 9.17) is 17.4 Å². The van der Waals surface area contributed by atoms with Gasteiger partial charge in [0.1, 0.15) is 5.03 Å². The third kappa shape index (κ3) is 2.63. The Kier molecular flexibility index (Phi) is 3.61. The first-order valence-electron chi connectivity index (χ1n) is 4.51. The lowest BCUT2D eigenvalue weighted by Gasteiger charge is -2.04. The van der Waals surface area contributed by atoms with Crippen LogP contribution >= 0.6 is 23.4 Å². The van der Waals surface area contributed by atoms with E-state index in [9.17, 15) is 0 Å². The lowest BCUT2D eigenvalue weighted by atomic mass is 10.4. The second kappa shape index (κ2) is 5.16. The van der Waals surface area contributed by atoms with E-state index in [1.54, 1.807) is 0 Å². The van der Waals surface area contributed by atoms with Crippen LogP contribution in [0.15, 0.2) is 46.5 Å². The number of nitrogen functional groups attached to an aromatic ring is 1. The van der Waals surface area contributed by atoms with Crippen molar-refractivity contribution >= 4 is 29.3 Å². The highest BCUT2D eigenvalue weighted by atomic mass is 35.5. The van der Waals surface area contributed by atoms with Gasteiger partial charge in [0, 0.05) is 4.90 Å². The summed E-state index contributed by atoms with van der Waals surface area (Å²) in [6, 6.07) is 9.84. The van der Waals surface area contributed by atoms with Crippen molar-refractivity contribution in [3.8, 4) is 0 Å². The smallest absolute Gasteiger partial charge is 0.238 e. The molecule has 1 aromatic heterocycles. The first kappa shape index (κ1) is 11.2. The topological polar surface area (TPSA) is 63.8 Å². The lowest BCUT2D eigenvalue weighted by Crippen LogP contribution is -2.10. The number of hydrazine groups is 1. The second-order valence-corrected chi connectivity index (χ2v) is 4.38. The molecular formula is C10H9ClN4S. The van der Waals surface area contributed by atoms with Crippen LogP contribution in [0.2, 0.25) is 5.02 Å². The maximum Gasteiger partial charge on any atom is 0.238 e. The molecule has 0 fully saturated rings. The van der Waals surface area contributed by atoms with Crippen LogP contribution in [-0.2, 0) is 0 Å². The van der Waals surface area contributed by atoms with Crippen molar-refractivity contribution in [1.82, 2.24) is 9.97 Å². The highest BCUT2D eigenvalue weighted by Crippen LogP contribution is 2.31. The SMILES string of the molecule is NNc1ncc(Cl)c(Sc2ccccc2)n1. The molecule has 0 aliphatic rings. The zero-order chi connectivity index (χ0) is 11.4. The molecule has 4 nitrogen and oxygen atoms in total. The minimum absolute atomic E-state index is 0.350. The van der Waals surface area contributed by atoms with Gasteiger partial charge in [0.05, 0.1) is 11.2 Å². The maximum atomic E-state index is 5.99. The van der Waals surface area contributed by atoms with E-state index in [1.807, 2.05) is 30.3 Å². The third-order valence-electron chi connectivity index (χ3n) is 1.80. The Morgan fingerprint density at radius 1 is 1.25 bits per heavy atom. The summed E-state index contributed by atoms with van der Waals surface area (Å²) >= 11 is 7.45. The van der Waals surface area contributed by atoms with Gasteiger partial charge in [-0.05, 0) is 12.1 Å². The Morgan fingerprint density at radius 2 is 2.00 bits per heavy atom. The van der Waals surface area contributed by atoms with Gasteiger partial charge >= 0.3 is 0 Å².